The Morgan fingerprint density at radius 3 is 2.73 bits per heavy atom. The minimum atomic E-state index is -0.829. The molecule has 0 saturated carbocycles. The lowest BCUT2D eigenvalue weighted by molar-refractivity contribution is 0.0577. The molecule has 0 spiro atoms. The lowest BCUT2D eigenvalue weighted by Crippen LogP contribution is -2.26. The van der Waals surface area contributed by atoms with Crippen molar-refractivity contribution in [3.8, 4) is 16.9 Å². The molecule has 2 aromatic heterocycles. The molecule has 0 aliphatic rings. The number of methoxy groups -OCH3 is 1. The first-order chi connectivity index (χ1) is 14.3. The van der Waals surface area contributed by atoms with Gasteiger partial charge in [0.25, 0.3) is 0 Å². The molecule has 154 valence electrons. The van der Waals surface area contributed by atoms with Gasteiger partial charge in [0.05, 0.1) is 31.0 Å². The zero-order valence-corrected chi connectivity index (χ0v) is 19.2. The fraction of sp³-hybridized carbons (Fsp3) is 0.217. The highest BCUT2D eigenvalue weighted by Gasteiger charge is 2.15. The first-order valence-corrected chi connectivity index (χ1v) is 10.6. The monoisotopic (exact) mass is 514 g/mol. The Hall–Kier alpha value is -2.65. The smallest absolute Gasteiger partial charge is 0.121 e. The molecule has 0 saturated heterocycles. The summed E-state index contributed by atoms with van der Waals surface area (Å²) in [6.07, 6.45) is 5.54. The van der Waals surface area contributed by atoms with Crippen molar-refractivity contribution in [3.05, 3.63) is 64.6 Å². The number of ether oxygens (including phenoxy) is 1. The van der Waals surface area contributed by atoms with Gasteiger partial charge < -0.3 is 15.2 Å². The van der Waals surface area contributed by atoms with Gasteiger partial charge in [-0.25, -0.2) is 0 Å². The summed E-state index contributed by atoms with van der Waals surface area (Å²) in [4.78, 5) is 4.46. The number of anilines is 2. The molecule has 2 N–H and O–H groups in total. The van der Waals surface area contributed by atoms with Crippen LogP contribution in [0.3, 0.4) is 0 Å². The maximum atomic E-state index is 10.1. The predicted octanol–water partition coefficient (Wildman–Crippen LogP) is 5.23. The number of nitrogens with zero attached hydrogens (tertiary/aromatic N) is 3. The van der Waals surface area contributed by atoms with Gasteiger partial charge in [-0.2, -0.15) is 5.10 Å². The fourth-order valence-corrected chi connectivity index (χ4v) is 3.83. The lowest BCUT2D eigenvalue weighted by atomic mass is 10.1. The quantitative estimate of drug-likeness (QED) is 0.345. The Morgan fingerprint density at radius 1 is 1.13 bits per heavy atom. The van der Waals surface area contributed by atoms with E-state index in [0.717, 1.165) is 42.7 Å². The summed E-state index contributed by atoms with van der Waals surface area (Å²) in [5, 5.41) is 19.0. The van der Waals surface area contributed by atoms with E-state index in [4.69, 9.17) is 4.74 Å². The Balaban J connectivity index is 1.70. The average molecular weight is 514 g/mol. The van der Waals surface area contributed by atoms with Crippen molar-refractivity contribution in [3.63, 3.8) is 0 Å². The molecule has 7 heteroatoms. The van der Waals surface area contributed by atoms with E-state index in [2.05, 4.69) is 56.2 Å². The van der Waals surface area contributed by atoms with Crippen LogP contribution in [0.15, 0.2) is 61.1 Å². The molecule has 0 aliphatic heterocycles. The van der Waals surface area contributed by atoms with Gasteiger partial charge in [-0.15, -0.1) is 0 Å². The third-order valence-corrected chi connectivity index (χ3v) is 5.31. The molecule has 0 radical (unpaired) electrons. The van der Waals surface area contributed by atoms with Gasteiger partial charge in [0.15, 0.2) is 0 Å². The number of halogens is 1. The van der Waals surface area contributed by atoms with E-state index in [1.54, 1.807) is 38.0 Å². The minimum Gasteiger partial charge on any atom is -0.497 e. The van der Waals surface area contributed by atoms with Crippen molar-refractivity contribution in [2.24, 2.45) is 0 Å². The summed E-state index contributed by atoms with van der Waals surface area (Å²) in [5.41, 5.74) is 3.93. The largest absolute Gasteiger partial charge is 0.497 e. The van der Waals surface area contributed by atoms with E-state index in [-0.39, 0.29) is 0 Å². The Labute approximate surface area is 189 Å². The summed E-state index contributed by atoms with van der Waals surface area (Å²) >= 11 is 2.31. The molecule has 0 bridgehead atoms. The van der Waals surface area contributed by atoms with Crippen LogP contribution in [0, 0.1) is 3.57 Å². The van der Waals surface area contributed by atoms with Gasteiger partial charge in [0.1, 0.15) is 5.75 Å². The number of hydrogen-bond acceptors (Lipinski definition) is 5. The first-order valence-electron chi connectivity index (χ1n) is 9.56. The average Bonchev–Trinajstić information content (AvgIpc) is 3.15. The summed E-state index contributed by atoms with van der Waals surface area (Å²) < 4.78 is 8.43. The van der Waals surface area contributed by atoms with Crippen molar-refractivity contribution in [2.75, 3.05) is 12.4 Å². The molecule has 0 aliphatic carbocycles. The highest BCUT2D eigenvalue weighted by atomic mass is 127. The second-order valence-electron chi connectivity index (χ2n) is 7.83. The van der Waals surface area contributed by atoms with Crippen LogP contribution in [0.5, 0.6) is 5.75 Å². The molecule has 0 unspecified atom stereocenters. The Kier molecular flexibility index (Phi) is 5.66. The summed E-state index contributed by atoms with van der Waals surface area (Å²) in [5.74, 6) is 0.748. The van der Waals surface area contributed by atoms with Gasteiger partial charge in [-0.3, -0.25) is 9.67 Å². The molecule has 0 amide bonds. The second kappa shape index (κ2) is 8.23. The van der Waals surface area contributed by atoms with Crippen LogP contribution in [0.2, 0.25) is 0 Å². The van der Waals surface area contributed by atoms with Crippen LogP contribution in [0.4, 0.5) is 11.4 Å². The van der Waals surface area contributed by atoms with Crippen molar-refractivity contribution in [1.29, 1.82) is 0 Å². The number of aliphatic hydroxyl groups is 1. The lowest BCUT2D eigenvalue weighted by Gasteiger charge is -2.16. The van der Waals surface area contributed by atoms with Gasteiger partial charge in [-0.1, -0.05) is 0 Å². The fourth-order valence-electron chi connectivity index (χ4n) is 3.33. The van der Waals surface area contributed by atoms with E-state index < -0.39 is 5.60 Å². The Morgan fingerprint density at radius 2 is 1.97 bits per heavy atom. The Bertz CT molecular complexity index is 1200. The van der Waals surface area contributed by atoms with Crippen LogP contribution in [-0.4, -0.2) is 32.6 Å². The molecule has 0 fully saturated rings. The third kappa shape index (κ3) is 4.73. The molecule has 6 nitrogen and oxygen atoms in total. The second-order valence-corrected chi connectivity index (χ2v) is 9.08. The number of nitrogens with one attached hydrogen (secondary N) is 1. The molecule has 2 heterocycles. The number of benzene rings is 2. The molecule has 30 heavy (non-hydrogen) atoms. The van der Waals surface area contributed by atoms with Gasteiger partial charge >= 0.3 is 0 Å². The summed E-state index contributed by atoms with van der Waals surface area (Å²) in [7, 11) is 1.66. The van der Waals surface area contributed by atoms with Crippen molar-refractivity contribution in [2.45, 2.75) is 26.0 Å². The molecule has 4 aromatic rings. The normalized spacial score (nSPS) is 11.6. The molecular weight excluding hydrogens is 491 g/mol. The summed E-state index contributed by atoms with van der Waals surface area (Å²) in [6.45, 7) is 3.95. The first kappa shape index (κ1) is 20.6. The van der Waals surface area contributed by atoms with Gasteiger partial charge in [0.2, 0.25) is 0 Å². The van der Waals surface area contributed by atoms with Crippen molar-refractivity contribution < 1.29 is 9.84 Å². The number of rotatable bonds is 6. The molecule has 0 atom stereocenters. The SMILES string of the molecule is COc1cc(Nc2ccnc3ccc(I)cc23)cc(-c2cnn(CC(C)(C)O)c2)c1. The van der Waals surface area contributed by atoms with Gasteiger partial charge in [-0.05, 0) is 78.4 Å². The van der Waals surface area contributed by atoms with E-state index in [9.17, 15) is 5.11 Å². The molecule has 4 rings (SSSR count). The van der Waals surface area contributed by atoms with Gasteiger partial charge in [0, 0.05) is 44.4 Å². The van der Waals surface area contributed by atoms with Crippen LogP contribution < -0.4 is 10.1 Å². The maximum absolute atomic E-state index is 10.1. The highest BCUT2D eigenvalue weighted by molar-refractivity contribution is 14.1. The zero-order chi connectivity index (χ0) is 21.3. The predicted molar refractivity (Wildman–Crippen MR) is 128 cm³/mol. The third-order valence-electron chi connectivity index (χ3n) is 4.64. The standard InChI is InChI=1S/C23H23IN4O2/c1-23(2,29)14-28-13-16(12-26-28)15-8-18(11-19(9-15)30-3)27-22-6-7-25-21-5-4-17(24)10-20(21)22/h4-13,29H,14H2,1-3H3,(H,25,27). The zero-order valence-electron chi connectivity index (χ0n) is 17.1. The van der Waals surface area contributed by atoms with E-state index >= 15 is 0 Å². The highest BCUT2D eigenvalue weighted by Crippen LogP contribution is 2.32. The van der Waals surface area contributed by atoms with Crippen molar-refractivity contribution in [1.82, 2.24) is 14.8 Å². The number of fused-ring (bicyclic) bond motifs is 1. The van der Waals surface area contributed by atoms with Crippen LogP contribution in [-0.2, 0) is 6.54 Å². The van der Waals surface area contributed by atoms with E-state index in [0.29, 0.717) is 6.54 Å². The van der Waals surface area contributed by atoms with Crippen molar-refractivity contribution >= 4 is 44.9 Å². The van der Waals surface area contributed by atoms with Crippen LogP contribution >= 0.6 is 22.6 Å². The van der Waals surface area contributed by atoms with E-state index in [1.807, 2.05) is 30.5 Å². The minimum absolute atomic E-state index is 0.420. The molecular formula is C23H23IN4O2. The number of pyridine rings is 1. The molecule has 2 aromatic carbocycles. The van der Waals surface area contributed by atoms with Crippen LogP contribution in [0.1, 0.15) is 13.8 Å². The number of hydrogen-bond donors (Lipinski definition) is 2. The van der Waals surface area contributed by atoms with Crippen LogP contribution in [0.25, 0.3) is 22.0 Å². The summed E-state index contributed by atoms with van der Waals surface area (Å²) in [6, 6.07) is 14.2. The number of aromatic nitrogens is 3. The topological polar surface area (TPSA) is 72.2 Å². The van der Waals surface area contributed by atoms with E-state index in [1.165, 1.54) is 0 Å². The maximum Gasteiger partial charge on any atom is 0.121 e.